The summed E-state index contributed by atoms with van der Waals surface area (Å²) >= 11 is 0. The highest BCUT2D eigenvalue weighted by atomic mass is 16.5. The molecule has 158 valence electrons. The van der Waals surface area contributed by atoms with Crippen molar-refractivity contribution in [3.8, 4) is 0 Å². The van der Waals surface area contributed by atoms with Gasteiger partial charge in [-0.3, -0.25) is 9.59 Å². The van der Waals surface area contributed by atoms with E-state index in [0.29, 0.717) is 12.1 Å². The zero-order chi connectivity index (χ0) is 21.5. The summed E-state index contributed by atoms with van der Waals surface area (Å²) in [6.07, 6.45) is 4.54. The summed E-state index contributed by atoms with van der Waals surface area (Å²) in [4.78, 5) is 40.5. The molecule has 0 N–H and O–H groups in total. The predicted octanol–water partition coefficient (Wildman–Crippen LogP) is 4.64. The van der Waals surface area contributed by atoms with Gasteiger partial charge in [-0.1, -0.05) is 67.8 Å². The molecule has 1 amide bonds. The van der Waals surface area contributed by atoms with E-state index in [1.165, 1.54) is 6.42 Å². The van der Waals surface area contributed by atoms with Gasteiger partial charge in [-0.25, -0.2) is 4.79 Å². The van der Waals surface area contributed by atoms with Crippen LogP contribution in [0.2, 0.25) is 0 Å². The molecule has 0 unspecified atom stereocenters. The lowest BCUT2D eigenvalue weighted by Crippen LogP contribution is -2.46. The second-order valence-electron chi connectivity index (χ2n) is 7.70. The molecule has 1 saturated carbocycles. The van der Waals surface area contributed by atoms with Gasteiger partial charge >= 0.3 is 5.97 Å². The van der Waals surface area contributed by atoms with Crippen LogP contribution in [-0.2, 0) is 9.53 Å². The van der Waals surface area contributed by atoms with Crippen molar-refractivity contribution in [2.45, 2.75) is 58.1 Å². The van der Waals surface area contributed by atoms with E-state index in [0.717, 1.165) is 25.7 Å². The molecule has 0 aliphatic heterocycles. The van der Waals surface area contributed by atoms with Crippen LogP contribution in [0.25, 0.3) is 0 Å². The molecule has 2 aromatic rings. The van der Waals surface area contributed by atoms with E-state index in [4.69, 9.17) is 4.74 Å². The van der Waals surface area contributed by atoms with Gasteiger partial charge in [-0.15, -0.1) is 0 Å². The van der Waals surface area contributed by atoms with Crippen LogP contribution >= 0.6 is 0 Å². The monoisotopic (exact) mass is 407 g/mol. The summed E-state index contributed by atoms with van der Waals surface area (Å²) in [6.45, 7) is 4.15. The van der Waals surface area contributed by atoms with E-state index in [1.54, 1.807) is 55.5 Å². The van der Waals surface area contributed by atoms with Gasteiger partial charge in [0.1, 0.15) is 0 Å². The van der Waals surface area contributed by atoms with Gasteiger partial charge in [0.25, 0.3) is 5.91 Å². The number of benzene rings is 2. The van der Waals surface area contributed by atoms with E-state index >= 15 is 0 Å². The number of carbonyl (C=O) groups excluding carboxylic acids is 3. The summed E-state index contributed by atoms with van der Waals surface area (Å²) in [6, 6.07) is 15.6. The smallest absolute Gasteiger partial charge is 0.339 e. The summed E-state index contributed by atoms with van der Waals surface area (Å²) in [5.74, 6) is -1.08. The highest BCUT2D eigenvalue weighted by molar-refractivity contribution is 6.14. The molecule has 3 rings (SSSR count). The first kappa shape index (κ1) is 21.8. The van der Waals surface area contributed by atoms with Gasteiger partial charge in [-0.05, 0) is 32.8 Å². The first-order chi connectivity index (χ1) is 14.5. The highest BCUT2D eigenvalue weighted by Gasteiger charge is 2.30. The Hall–Kier alpha value is -2.95. The Morgan fingerprint density at radius 2 is 1.53 bits per heavy atom. The van der Waals surface area contributed by atoms with Crippen molar-refractivity contribution in [3.63, 3.8) is 0 Å². The van der Waals surface area contributed by atoms with Crippen LogP contribution in [0, 0.1) is 0 Å². The molecule has 5 nitrogen and oxygen atoms in total. The number of rotatable bonds is 7. The van der Waals surface area contributed by atoms with Crippen LogP contribution in [-0.4, -0.2) is 41.3 Å². The van der Waals surface area contributed by atoms with Crippen LogP contribution in [0.15, 0.2) is 54.6 Å². The molecular formula is C25H29NO4. The molecule has 0 aromatic heterocycles. The van der Waals surface area contributed by atoms with Crippen LogP contribution in [0.4, 0.5) is 0 Å². The number of hydrogen-bond donors (Lipinski definition) is 0. The molecule has 1 fully saturated rings. The lowest BCUT2D eigenvalue weighted by Gasteiger charge is -2.35. The van der Waals surface area contributed by atoms with Crippen molar-refractivity contribution in [1.29, 1.82) is 0 Å². The quantitative estimate of drug-likeness (QED) is 0.495. The average Bonchev–Trinajstić information content (AvgIpc) is 2.80. The van der Waals surface area contributed by atoms with Crippen LogP contribution in [0.3, 0.4) is 0 Å². The van der Waals surface area contributed by atoms with Crippen molar-refractivity contribution >= 4 is 17.7 Å². The van der Waals surface area contributed by atoms with Crippen molar-refractivity contribution in [2.75, 3.05) is 6.54 Å². The minimum absolute atomic E-state index is 0.173. The largest absolute Gasteiger partial charge is 0.449 e. The molecule has 0 saturated heterocycles. The third kappa shape index (κ3) is 4.96. The average molecular weight is 408 g/mol. The lowest BCUT2D eigenvalue weighted by molar-refractivity contribution is -0.142. The number of likely N-dealkylation sites (N-methyl/N-ethyl adjacent to an activating group) is 1. The van der Waals surface area contributed by atoms with Crippen molar-refractivity contribution in [2.24, 2.45) is 0 Å². The molecule has 0 spiro atoms. The fourth-order valence-corrected chi connectivity index (χ4v) is 4.10. The van der Waals surface area contributed by atoms with Gasteiger partial charge in [0.2, 0.25) is 0 Å². The van der Waals surface area contributed by atoms with Crippen LogP contribution in [0.5, 0.6) is 0 Å². The van der Waals surface area contributed by atoms with E-state index in [1.807, 2.05) is 17.9 Å². The molecule has 30 heavy (non-hydrogen) atoms. The van der Waals surface area contributed by atoms with Gasteiger partial charge in [0.05, 0.1) is 5.56 Å². The normalized spacial score (nSPS) is 15.3. The Bertz CT molecular complexity index is 887. The summed E-state index contributed by atoms with van der Waals surface area (Å²) in [5.41, 5.74) is 0.941. The maximum atomic E-state index is 13.0. The first-order valence-electron chi connectivity index (χ1n) is 10.7. The Balaban J connectivity index is 1.74. The third-order valence-corrected chi connectivity index (χ3v) is 5.70. The van der Waals surface area contributed by atoms with E-state index < -0.39 is 12.1 Å². The molecular weight excluding hydrogens is 378 g/mol. The number of carbonyl (C=O) groups is 3. The van der Waals surface area contributed by atoms with E-state index in [-0.39, 0.29) is 28.9 Å². The SMILES string of the molecule is CCN(C(=O)[C@H](C)OC(=O)c1ccccc1C(=O)c1ccccc1)C1CCCCC1. The van der Waals surface area contributed by atoms with Crippen LogP contribution < -0.4 is 0 Å². The number of ketones is 1. The second kappa shape index (κ2) is 10.2. The maximum absolute atomic E-state index is 13.0. The lowest BCUT2D eigenvalue weighted by atomic mass is 9.94. The minimum Gasteiger partial charge on any atom is -0.449 e. The van der Waals surface area contributed by atoms with E-state index in [2.05, 4.69) is 0 Å². The highest BCUT2D eigenvalue weighted by Crippen LogP contribution is 2.24. The number of esters is 1. The fourth-order valence-electron chi connectivity index (χ4n) is 4.10. The van der Waals surface area contributed by atoms with Gasteiger partial charge < -0.3 is 9.64 Å². The number of hydrogen-bond acceptors (Lipinski definition) is 4. The second-order valence-corrected chi connectivity index (χ2v) is 7.70. The Kier molecular flexibility index (Phi) is 7.39. The zero-order valence-corrected chi connectivity index (χ0v) is 17.7. The molecule has 5 heteroatoms. The number of nitrogens with zero attached hydrogens (tertiary/aromatic N) is 1. The molecule has 0 radical (unpaired) electrons. The molecule has 1 aliphatic rings. The zero-order valence-electron chi connectivity index (χ0n) is 17.7. The summed E-state index contributed by atoms with van der Waals surface area (Å²) in [5, 5.41) is 0. The molecule has 0 bridgehead atoms. The topological polar surface area (TPSA) is 63.7 Å². The standard InChI is InChI=1S/C25H29NO4/c1-3-26(20-14-8-5-9-15-20)24(28)18(2)30-25(29)22-17-11-10-16-21(22)23(27)19-12-6-4-7-13-19/h4,6-7,10-13,16-18,20H,3,5,8-9,14-15H2,1-2H3/t18-/m0/s1. The Morgan fingerprint density at radius 1 is 0.933 bits per heavy atom. The maximum Gasteiger partial charge on any atom is 0.339 e. The minimum atomic E-state index is -0.903. The molecule has 1 aliphatic carbocycles. The molecule has 0 heterocycles. The van der Waals surface area contributed by atoms with Crippen LogP contribution in [0.1, 0.15) is 72.2 Å². The van der Waals surface area contributed by atoms with Crippen molar-refractivity contribution in [1.82, 2.24) is 4.90 Å². The third-order valence-electron chi connectivity index (χ3n) is 5.70. The molecule has 2 aromatic carbocycles. The predicted molar refractivity (Wildman–Crippen MR) is 115 cm³/mol. The Morgan fingerprint density at radius 3 is 2.17 bits per heavy atom. The summed E-state index contributed by atoms with van der Waals surface area (Å²) < 4.78 is 5.52. The fraction of sp³-hybridized carbons (Fsp3) is 0.400. The number of ether oxygens (including phenoxy) is 1. The van der Waals surface area contributed by atoms with Gasteiger partial charge in [0, 0.05) is 23.7 Å². The van der Waals surface area contributed by atoms with Crippen molar-refractivity contribution in [3.05, 3.63) is 71.3 Å². The molecule has 1 atom stereocenters. The first-order valence-corrected chi connectivity index (χ1v) is 10.7. The number of amides is 1. The summed E-state index contributed by atoms with van der Waals surface area (Å²) in [7, 11) is 0. The van der Waals surface area contributed by atoms with E-state index in [9.17, 15) is 14.4 Å². The van der Waals surface area contributed by atoms with Gasteiger partial charge in [0.15, 0.2) is 11.9 Å². The van der Waals surface area contributed by atoms with Gasteiger partial charge in [-0.2, -0.15) is 0 Å². The Labute approximate surface area is 178 Å². The van der Waals surface area contributed by atoms with Crippen molar-refractivity contribution < 1.29 is 19.1 Å².